The molecular formula is C29H33N3O3. The Balaban J connectivity index is 1.18. The van der Waals surface area contributed by atoms with Gasteiger partial charge in [0.2, 0.25) is 0 Å². The molecule has 0 spiro atoms. The highest BCUT2D eigenvalue weighted by Gasteiger charge is 2.42. The fourth-order valence-corrected chi connectivity index (χ4v) is 6.04. The molecule has 2 aromatic carbocycles. The summed E-state index contributed by atoms with van der Waals surface area (Å²) < 4.78 is 11.2. The Morgan fingerprint density at radius 3 is 2.54 bits per heavy atom. The Hall–Kier alpha value is -2.96. The molecule has 3 aliphatic rings. The number of pyridine rings is 1. The highest BCUT2D eigenvalue weighted by molar-refractivity contribution is 6.07. The molecule has 2 saturated heterocycles. The van der Waals surface area contributed by atoms with Crippen LogP contribution in [0.2, 0.25) is 0 Å². The molecule has 1 saturated carbocycles. The van der Waals surface area contributed by atoms with Crippen molar-refractivity contribution in [3.8, 4) is 17.0 Å². The lowest BCUT2D eigenvalue weighted by atomic mass is 10.0. The summed E-state index contributed by atoms with van der Waals surface area (Å²) in [5.74, 6) is 2.18. The molecule has 3 aromatic rings. The molecule has 182 valence electrons. The van der Waals surface area contributed by atoms with E-state index in [1.165, 1.54) is 6.42 Å². The number of fused-ring (bicyclic) bond motifs is 2. The van der Waals surface area contributed by atoms with Crippen molar-refractivity contribution in [1.82, 2.24) is 15.2 Å². The van der Waals surface area contributed by atoms with E-state index in [1.807, 2.05) is 61.5 Å². The summed E-state index contributed by atoms with van der Waals surface area (Å²) in [6.45, 7) is 6.87. The molecule has 3 fully saturated rings. The standard InChI is InChI=1S/C29H33N3O3/c1-2-34-23-9-7-19(8-10-23)28-15-26(25-5-3-4-6-27(25)31-28)29(33)30-22-13-20-16-32(17-21(20)14-22)18-24-11-12-35-24/h3-10,15,20-22,24H,2,11-14,16-18H2,1H3,(H,30,33)/t20-,21+,22?,24?. The summed E-state index contributed by atoms with van der Waals surface area (Å²) in [4.78, 5) is 20.9. The van der Waals surface area contributed by atoms with E-state index in [0.29, 0.717) is 30.1 Å². The highest BCUT2D eigenvalue weighted by atomic mass is 16.5. The van der Waals surface area contributed by atoms with Gasteiger partial charge in [-0.3, -0.25) is 4.79 Å². The molecule has 2 aliphatic heterocycles. The van der Waals surface area contributed by atoms with Crippen molar-refractivity contribution in [2.24, 2.45) is 11.8 Å². The minimum atomic E-state index is 0.000448. The van der Waals surface area contributed by atoms with Crippen molar-refractivity contribution in [3.63, 3.8) is 0 Å². The fourth-order valence-electron chi connectivity index (χ4n) is 6.04. The number of likely N-dealkylation sites (tertiary alicyclic amines) is 1. The number of para-hydroxylation sites is 1. The van der Waals surface area contributed by atoms with Crippen molar-refractivity contribution in [2.45, 2.75) is 38.3 Å². The first kappa shape index (κ1) is 22.5. The summed E-state index contributed by atoms with van der Waals surface area (Å²) in [5.41, 5.74) is 3.30. The maximum atomic E-state index is 13.5. The number of rotatable bonds is 7. The SMILES string of the molecule is CCOc1ccc(-c2cc(C(=O)NC3C[C@@H]4CN(CC5CCO5)C[C@@H]4C3)c3ccccc3n2)cc1. The topological polar surface area (TPSA) is 63.7 Å². The van der Waals surface area contributed by atoms with Crippen molar-refractivity contribution in [3.05, 3.63) is 60.2 Å². The van der Waals surface area contributed by atoms with E-state index in [4.69, 9.17) is 14.5 Å². The summed E-state index contributed by atoms with van der Waals surface area (Å²) in [6, 6.07) is 18.0. The number of aromatic nitrogens is 1. The maximum absolute atomic E-state index is 13.5. The van der Waals surface area contributed by atoms with Gasteiger partial charge in [0.15, 0.2) is 0 Å². The molecule has 6 rings (SSSR count). The smallest absolute Gasteiger partial charge is 0.252 e. The van der Waals surface area contributed by atoms with Crippen LogP contribution < -0.4 is 10.1 Å². The Morgan fingerprint density at radius 2 is 1.86 bits per heavy atom. The van der Waals surface area contributed by atoms with E-state index < -0.39 is 0 Å². The zero-order valence-electron chi connectivity index (χ0n) is 20.3. The number of benzene rings is 2. The summed E-state index contributed by atoms with van der Waals surface area (Å²) >= 11 is 0. The van der Waals surface area contributed by atoms with E-state index in [9.17, 15) is 4.79 Å². The molecule has 1 amide bonds. The molecule has 6 heteroatoms. The second-order valence-electron chi connectivity index (χ2n) is 10.2. The lowest BCUT2D eigenvalue weighted by molar-refractivity contribution is -0.0648. The molecular weight excluding hydrogens is 438 g/mol. The Labute approximate surface area is 206 Å². The van der Waals surface area contributed by atoms with Crippen molar-refractivity contribution in [2.75, 3.05) is 32.8 Å². The Kier molecular flexibility index (Phi) is 6.17. The molecule has 4 atom stereocenters. The van der Waals surface area contributed by atoms with Crippen LogP contribution in [-0.2, 0) is 4.74 Å². The first-order valence-electron chi connectivity index (χ1n) is 12.9. The third-order valence-corrected chi connectivity index (χ3v) is 7.84. The fraction of sp³-hybridized carbons (Fsp3) is 0.448. The van der Waals surface area contributed by atoms with Crippen LogP contribution in [0.1, 0.15) is 36.5 Å². The van der Waals surface area contributed by atoms with Crippen LogP contribution in [0.5, 0.6) is 5.75 Å². The summed E-state index contributed by atoms with van der Waals surface area (Å²) in [5, 5.41) is 4.26. The lowest BCUT2D eigenvalue weighted by Gasteiger charge is -2.31. The van der Waals surface area contributed by atoms with Gasteiger partial charge in [-0.2, -0.15) is 0 Å². The molecule has 6 nitrogen and oxygen atoms in total. The van der Waals surface area contributed by atoms with Gasteiger partial charge in [0.1, 0.15) is 5.75 Å². The Morgan fingerprint density at radius 1 is 1.11 bits per heavy atom. The number of hydrogen-bond acceptors (Lipinski definition) is 5. The normalized spacial score (nSPS) is 25.9. The van der Waals surface area contributed by atoms with Gasteiger partial charge < -0.3 is 19.7 Å². The zero-order valence-corrected chi connectivity index (χ0v) is 20.3. The van der Waals surface area contributed by atoms with Gasteiger partial charge in [-0.15, -0.1) is 0 Å². The van der Waals surface area contributed by atoms with Crippen LogP contribution >= 0.6 is 0 Å². The van der Waals surface area contributed by atoms with E-state index >= 15 is 0 Å². The van der Waals surface area contributed by atoms with Crippen molar-refractivity contribution in [1.29, 1.82) is 0 Å². The number of carbonyl (C=O) groups is 1. The second kappa shape index (κ2) is 9.59. The Bertz CT molecular complexity index is 1190. The first-order valence-corrected chi connectivity index (χ1v) is 12.9. The van der Waals surface area contributed by atoms with E-state index in [0.717, 1.165) is 67.0 Å². The highest BCUT2D eigenvalue weighted by Crippen LogP contribution is 2.39. The quantitative estimate of drug-likeness (QED) is 0.549. The number of carbonyl (C=O) groups excluding carboxylic acids is 1. The first-order chi connectivity index (χ1) is 17.2. The van der Waals surface area contributed by atoms with Gasteiger partial charge in [-0.1, -0.05) is 18.2 Å². The predicted molar refractivity (Wildman–Crippen MR) is 137 cm³/mol. The molecule has 0 bridgehead atoms. The molecule has 3 heterocycles. The molecule has 1 aliphatic carbocycles. The van der Waals surface area contributed by atoms with Gasteiger partial charge >= 0.3 is 0 Å². The number of hydrogen-bond donors (Lipinski definition) is 1. The van der Waals surface area contributed by atoms with Crippen LogP contribution in [0.25, 0.3) is 22.2 Å². The molecule has 1 N–H and O–H groups in total. The third kappa shape index (κ3) is 4.65. The zero-order chi connectivity index (χ0) is 23.8. The lowest BCUT2D eigenvalue weighted by Crippen LogP contribution is -2.40. The predicted octanol–water partition coefficient (Wildman–Crippen LogP) is 4.53. The van der Waals surface area contributed by atoms with Crippen molar-refractivity contribution < 1.29 is 14.3 Å². The van der Waals surface area contributed by atoms with E-state index in [-0.39, 0.29) is 11.9 Å². The maximum Gasteiger partial charge on any atom is 0.252 e. The monoisotopic (exact) mass is 471 g/mol. The summed E-state index contributed by atoms with van der Waals surface area (Å²) in [6.07, 6.45) is 3.76. The van der Waals surface area contributed by atoms with Gasteiger partial charge in [-0.05, 0) is 74.4 Å². The average Bonchev–Trinajstić information content (AvgIpc) is 3.39. The summed E-state index contributed by atoms with van der Waals surface area (Å²) in [7, 11) is 0. The number of nitrogens with one attached hydrogen (secondary N) is 1. The molecule has 1 aromatic heterocycles. The van der Waals surface area contributed by atoms with Gasteiger partial charge in [0.05, 0.1) is 29.5 Å². The molecule has 2 unspecified atom stereocenters. The number of nitrogens with zero attached hydrogens (tertiary/aromatic N) is 2. The third-order valence-electron chi connectivity index (χ3n) is 7.84. The average molecular weight is 472 g/mol. The number of ether oxygens (including phenoxy) is 2. The van der Waals surface area contributed by atoms with E-state index in [2.05, 4.69) is 10.2 Å². The van der Waals surface area contributed by atoms with Gasteiger partial charge in [0, 0.05) is 43.2 Å². The number of amides is 1. The largest absolute Gasteiger partial charge is 0.494 e. The molecule has 35 heavy (non-hydrogen) atoms. The van der Waals surface area contributed by atoms with Crippen LogP contribution in [0.15, 0.2) is 54.6 Å². The van der Waals surface area contributed by atoms with Gasteiger partial charge in [-0.25, -0.2) is 4.98 Å². The van der Waals surface area contributed by atoms with Gasteiger partial charge in [0.25, 0.3) is 5.91 Å². The van der Waals surface area contributed by atoms with Crippen LogP contribution in [-0.4, -0.2) is 60.8 Å². The minimum Gasteiger partial charge on any atom is -0.494 e. The second-order valence-corrected chi connectivity index (χ2v) is 10.2. The van der Waals surface area contributed by atoms with Crippen LogP contribution in [0.4, 0.5) is 0 Å². The molecule has 0 radical (unpaired) electrons. The minimum absolute atomic E-state index is 0.000448. The van der Waals surface area contributed by atoms with E-state index in [1.54, 1.807) is 0 Å². The van der Waals surface area contributed by atoms with Crippen LogP contribution in [0, 0.1) is 11.8 Å². The van der Waals surface area contributed by atoms with Crippen molar-refractivity contribution >= 4 is 16.8 Å². The van der Waals surface area contributed by atoms with Crippen LogP contribution in [0.3, 0.4) is 0 Å².